The number of aromatic nitrogens is 2. The number of aliphatic imine (C=N–C) groups is 1. The van der Waals surface area contributed by atoms with Gasteiger partial charge in [-0.15, -0.1) is 24.0 Å². The largest absolute Gasteiger partial charge is 0.497 e. The Balaban J connectivity index is 0.00000320. The van der Waals surface area contributed by atoms with Crippen LogP contribution in [-0.4, -0.2) is 55.0 Å². The van der Waals surface area contributed by atoms with Gasteiger partial charge in [0.1, 0.15) is 18.1 Å². The third-order valence-electron chi connectivity index (χ3n) is 4.46. The summed E-state index contributed by atoms with van der Waals surface area (Å²) in [5, 5.41) is 7.67. The molecular formula is C22H28IN5O2. The molecule has 2 aromatic carbocycles. The number of hydrogen-bond donors (Lipinski definition) is 1. The van der Waals surface area contributed by atoms with Crippen molar-refractivity contribution in [1.29, 1.82) is 0 Å². The highest BCUT2D eigenvalue weighted by molar-refractivity contribution is 14.0. The van der Waals surface area contributed by atoms with Gasteiger partial charge in [0.2, 0.25) is 0 Å². The first-order valence-corrected chi connectivity index (χ1v) is 9.47. The summed E-state index contributed by atoms with van der Waals surface area (Å²) in [7, 11) is 5.42. The van der Waals surface area contributed by atoms with Crippen LogP contribution in [0.3, 0.4) is 0 Å². The Morgan fingerprint density at radius 1 is 1.13 bits per heavy atom. The fourth-order valence-corrected chi connectivity index (χ4v) is 2.87. The molecule has 0 aliphatic carbocycles. The van der Waals surface area contributed by atoms with E-state index in [2.05, 4.69) is 27.5 Å². The second-order valence-corrected chi connectivity index (χ2v) is 6.47. The van der Waals surface area contributed by atoms with Gasteiger partial charge >= 0.3 is 0 Å². The number of benzene rings is 2. The van der Waals surface area contributed by atoms with Crippen LogP contribution >= 0.6 is 24.0 Å². The molecule has 0 amide bonds. The van der Waals surface area contributed by atoms with Gasteiger partial charge in [-0.05, 0) is 48.0 Å². The molecule has 3 rings (SSSR count). The lowest BCUT2D eigenvalue weighted by Gasteiger charge is -2.22. The van der Waals surface area contributed by atoms with E-state index in [9.17, 15) is 0 Å². The van der Waals surface area contributed by atoms with E-state index in [0.717, 1.165) is 28.7 Å². The average molecular weight is 521 g/mol. The predicted molar refractivity (Wildman–Crippen MR) is 130 cm³/mol. The van der Waals surface area contributed by atoms with Gasteiger partial charge in [0.15, 0.2) is 5.96 Å². The van der Waals surface area contributed by atoms with Crippen molar-refractivity contribution < 1.29 is 9.47 Å². The molecule has 3 aromatic rings. The zero-order valence-electron chi connectivity index (χ0n) is 17.5. The van der Waals surface area contributed by atoms with Crippen molar-refractivity contribution in [3.8, 4) is 17.2 Å². The SMILES string of the molecule is CN=C(NCc1cccc(-n2cccn2)c1)N(C)CCOc1ccc(OC)cc1.I. The van der Waals surface area contributed by atoms with E-state index < -0.39 is 0 Å². The molecule has 0 aliphatic heterocycles. The predicted octanol–water partition coefficient (Wildman–Crippen LogP) is 3.59. The lowest BCUT2D eigenvalue weighted by Crippen LogP contribution is -2.40. The smallest absolute Gasteiger partial charge is 0.193 e. The van der Waals surface area contributed by atoms with Crippen LogP contribution in [0.2, 0.25) is 0 Å². The standard InChI is InChI=1S/C22H27N5O2.HI/c1-23-22(26(2)14-15-29-21-10-8-20(28-3)9-11-21)24-17-18-6-4-7-19(16-18)27-13-5-12-25-27;/h4-13,16H,14-15,17H2,1-3H3,(H,23,24);1H. The summed E-state index contributed by atoms with van der Waals surface area (Å²) < 4.78 is 12.8. The molecule has 1 aromatic heterocycles. The number of methoxy groups -OCH3 is 1. The summed E-state index contributed by atoms with van der Waals surface area (Å²) in [4.78, 5) is 6.41. The number of nitrogens with zero attached hydrogens (tertiary/aromatic N) is 4. The van der Waals surface area contributed by atoms with Crippen molar-refractivity contribution in [2.24, 2.45) is 4.99 Å². The maximum atomic E-state index is 5.80. The molecule has 8 heteroatoms. The fraction of sp³-hybridized carbons (Fsp3) is 0.273. The number of nitrogens with one attached hydrogen (secondary N) is 1. The minimum absolute atomic E-state index is 0. The van der Waals surface area contributed by atoms with Gasteiger partial charge < -0.3 is 19.7 Å². The monoisotopic (exact) mass is 521 g/mol. The van der Waals surface area contributed by atoms with Crippen LogP contribution in [0.5, 0.6) is 11.5 Å². The number of likely N-dealkylation sites (N-methyl/N-ethyl adjacent to an activating group) is 1. The highest BCUT2D eigenvalue weighted by atomic mass is 127. The van der Waals surface area contributed by atoms with E-state index >= 15 is 0 Å². The van der Waals surface area contributed by atoms with Gasteiger partial charge in [0.05, 0.1) is 19.3 Å². The zero-order chi connectivity index (χ0) is 20.5. The van der Waals surface area contributed by atoms with Crippen LogP contribution in [0.1, 0.15) is 5.56 Å². The van der Waals surface area contributed by atoms with Crippen molar-refractivity contribution in [2.75, 3.05) is 34.4 Å². The third kappa shape index (κ3) is 6.65. The van der Waals surface area contributed by atoms with Crippen LogP contribution in [0.4, 0.5) is 0 Å². The molecule has 0 fully saturated rings. The van der Waals surface area contributed by atoms with Crippen molar-refractivity contribution in [2.45, 2.75) is 6.54 Å². The molecule has 0 radical (unpaired) electrons. The highest BCUT2D eigenvalue weighted by Crippen LogP contribution is 2.16. The highest BCUT2D eigenvalue weighted by Gasteiger charge is 2.07. The Hall–Kier alpha value is -2.75. The van der Waals surface area contributed by atoms with Gasteiger partial charge in [-0.2, -0.15) is 5.10 Å². The Bertz CT molecular complexity index is 914. The number of halogens is 1. The fourth-order valence-electron chi connectivity index (χ4n) is 2.87. The number of rotatable bonds is 8. The Morgan fingerprint density at radius 2 is 1.90 bits per heavy atom. The molecule has 0 spiro atoms. The molecule has 0 saturated heterocycles. The molecule has 1 heterocycles. The van der Waals surface area contributed by atoms with Crippen LogP contribution in [0.15, 0.2) is 72.0 Å². The first-order valence-electron chi connectivity index (χ1n) is 9.47. The summed E-state index contributed by atoms with van der Waals surface area (Å²) in [6, 6.07) is 17.7. The second kappa shape index (κ2) is 12.1. The van der Waals surface area contributed by atoms with Crippen LogP contribution in [0.25, 0.3) is 5.69 Å². The maximum Gasteiger partial charge on any atom is 0.193 e. The van der Waals surface area contributed by atoms with E-state index in [4.69, 9.17) is 9.47 Å². The maximum absolute atomic E-state index is 5.80. The van der Waals surface area contributed by atoms with Gasteiger partial charge in [-0.3, -0.25) is 4.99 Å². The van der Waals surface area contributed by atoms with Crippen LogP contribution < -0.4 is 14.8 Å². The lowest BCUT2D eigenvalue weighted by molar-refractivity contribution is 0.281. The zero-order valence-corrected chi connectivity index (χ0v) is 19.8. The van der Waals surface area contributed by atoms with Crippen LogP contribution in [-0.2, 0) is 6.54 Å². The van der Waals surface area contributed by atoms with E-state index in [1.807, 2.05) is 65.3 Å². The molecule has 0 unspecified atom stereocenters. The first-order chi connectivity index (χ1) is 14.2. The number of ether oxygens (including phenoxy) is 2. The summed E-state index contributed by atoms with van der Waals surface area (Å²) in [5.74, 6) is 2.45. The molecule has 30 heavy (non-hydrogen) atoms. The summed E-state index contributed by atoms with van der Waals surface area (Å²) in [6.07, 6.45) is 3.71. The van der Waals surface area contributed by atoms with Gasteiger partial charge in [-0.1, -0.05) is 12.1 Å². The molecule has 7 nitrogen and oxygen atoms in total. The number of guanidine groups is 1. The molecule has 0 bridgehead atoms. The first kappa shape index (κ1) is 23.5. The molecule has 1 N–H and O–H groups in total. The van der Waals surface area contributed by atoms with Crippen molar-refractivity contribution in [1.82, 2.24) is 20.0 Å². The summed E-state index contributed by atoms with van der Waals surface area (Å²) >= 11 is 0. The van der Waals surface area contributed by atoms with E-state index in [1.54, 1.807) is 20.4 Å². The molecule has 0 atom stereocenters. The third-order valence-corrected chi connectivity index (χ3v) is 4.46. The quantitative estimate of drug-likeness (QED) is 0.279. The summed E-state index contributed by atoms with van der Waals surface area (Å²) in [5.41, 5.74) is 2.19. The van der Waals surface area contributed by atoms with E-state index in [0.29, 0.717) is 19.7 Å². The van der Waals surface area contributed by atoms with Crippen LogP contribution in [0, 0.1) is 0 Å². The number of hydrogen-bond acceptors (Lipinski definition) is 4. The molecule has 0 aliphatic rings. The molecule has 160 valence electrons. The lowest BCUT2D eigenvalue weighted by atomic mass is 10.2. The van der Waals surface area contributed by atoms with Gasteiger partial charge in [0, 0.05) is 33.0 Å². The Kier molecular flexibility index (Phi) is 9.46. The van der Waals surface area contributed by atoms with E-state index in [1.165, 1.54) is 0 Å². The molecule has 0 saturated carbocycles. The summed E-state index contributed by atoms with van der Waals surface area (Å²) in [6.45, 7) is 1.93. The van der Waals surface area contributed by atoms with Gasteiger partial charge in [-0.25, -0.2) is 4.68 Å². The Labute approximate surface area is 194 Å². The average Bonchev–Trinajstić information content (AvgIpc) is 3.30. The minimum Gasteiger partial charge on any atom is -0.497 e. The molecular weight excluding hydrogens is 493 g/mol. The minimum atomic E-state index is 0. The van der Waals surface area contributed by atoms with Crippen molar-refractivity contribution in [3.63, 3.8) is 0 Å². The van der Waals surface area contributed by atoms with Crippen molar-refractivity contribution >= 4 is 29.9 Å². The van der Waals surface area contributed by atoms with Gasteiger partial charge in [0.25, 0.3) is 0 Å². The second-order valence-electron chi connectivity index (χ2n) is 6.47. The topological polar surface area (TPSA) is 63.9 Å². The van der Waals surface area contributed by atoms with E-state index in [-0.39, 0.29) is 24.0 Å². The van der Waals surface area contributed by atoms with Crippen molar-refractivity contribution in [3.05, 3.63) is 72.6 Å². The normalized spacial score (nSPS) is 10.8. The Morgan fingerprint density at radius 3 is 2.57 bits per heavy atom.